The van der Waals surface area contributed by atoms with E-state index in [-0.39, 0.29) is 5.75 Å². The third kappa shape index (κ3) is 1.90. The van der Waals surface area contributed by atoms with Crippen molar-refractivity contribution in [2.24, 2.45) is 5.73 Å². The Hall–Kier alpha value is -2.46. The van der Waals surface area contributed by atoms with Gasteiger partial charge in [0.05, 0.1) is 5.52 Å². The van der Waals surface area contributed by atoms with Gasteiger partial charge in [0.15, 0.2) is 0 Å². The van der Waals surface area contributed by atoms with Gasteiger partial charge in [-0.3, -0.25) is 4.57 Å². The van der Waals surface area contributed by atoms with Crippen molar-refractivity contribution in [3.05, 3.63) is 53.7 Å². The Morgan fingerprint density at radius 1 is 1.15 bits per heavy atom. The van der Waals surface area contributed by atoms with Gasteiger partial charge in [0, 0.05) is 22.2 Å². The van der Waals surface area contributed by atoms with E-state index in [1.807, 2.05) is 12.1 Å². The molecule has 100 valence electrons. The molecule has 20 heavy (non-hydrogen) atoms. The van der Waals surface area contributed by atoms with Crippen molar-refractivity contribution in [1.29, 1.82) is 0 Å². The standard InChI is InChI=1S/C15H11ClN2O2/c16-9-4-5-12(14(19)8-9)10-2-1-3-13-11(10)6-7-18(13)15(17)20/h1-8,19H,(H2,17,20). The minimum Gasteiger partial charge on any atom is -0.507 e. The molecule has 0 aliphatic rings. The van der Waals surface area contributed by atoms with Crippen molar-refractivity contribution in [3.8, 4) is 16.9 Å². The van der Waals surface area contributed by atoms with Crippen molar-refractivity contribution in [3.63, 3.8) is 0 Å². The molecule has 1 aromatic heterocycles. The van der Waals surface area contributed by atoms with E-state index in [2.05, 4.69) is 0 Å². The molecule has 1 amide bonds. The normalized spacial score (nSPS) is 10.8. The van der Waals surface area contributed by atoms with Crippen molar-refractivity contribution in [2.45, 2.75) is 0 Å². The summed E-state index contributed by atoms with van der Waals surface area (Å²) in [5.41, 5.74) is 7.49. The number of rotatable bonds is 1. The van der Waals surface area contributed by atoms with Crippen LogP contribution in [0.3, 0.4) is 0 Å². The molecular weight excluding hydrogens is 276 g/mol. The Bertz CT molecular complexity index is 824. The zero-order valence-corrected chi connectivity index (χ0v) is 11.1. The van der Waals surface area contributed by atoms with Crippen LogP contribution >= 0.6 is 11.6 Å². The third-order valence-corrected chi connectivity index (χ3v) is 3.46. The number of halogens is 1. The second-order valence-electron chi connectivity index (χ2n) is 4.42. The third-order valence-electron chi connectivity index (χ3n) is 3.22. The fourth-order valence-electron chi connectivity index (χ4n) is 2.33. The van der Waals surface area contributed by atoms with Crippen LogP contribution in [0.25, 0.3) is 22.0 Å². The Labute approximate surface area is 120 Å². The van der Waals surface area contributed by atoms with Gasteiger partial charge in [-0.1, -0.05) is 23.7 Å². The molecule has 0 spiro atoms. The molecular formula is C15H11ClN2O2. The average Bonchev–Trinajstić information content (AvgIpc) is 2.82. The summed E-state index contributed by atoms with van der Waals surface area (Å²) in [4.78, 5) is 11.4. The van der Waals surface area contributed by atoms with Crippen molar-refractivity contribution < 1.29 is 9.90 Å². The zero-order valence-electron chi connectivity index (χ0n) is 10.4. The number of hydrogen-bond donors (Lipinski definition) is 2. The summed E-state index contributed by atoms with van der Waals surface area (Å²) in [5.74, 6) is 0.0943. The molecule has 0 bridgehead atoms. The van der Waals surface area contributed by atoms with E-state index in [0.29, 0.717) is 16.1 Å². The van der Waals surface area contributed by atoms with Gasteiger partial charge in [-0.15, -0.1) is 0 Å². The summed E-state index contributed by atoms with van der Waals surface area (Å²) in [6, 6.07) is 11.7. The molecule has 4 nitrogen and oxygen atoms in total. The van der Waals surface area contributed by atoms with E-state index in [1.165, 1.54) is 10.6 Å². The zero-order chi connectivity index (χ0) is 14.3. The SMILES string of the molecule is NC(=O)n1ccc2c(-c3ccc(Cl)cc3O)cccc21. The largest absolute Gasteiger partial charge is 0.507 e. The molecule has 0 aliphatic carbocycles. The minimum absolute atomic E-state index is 0.0943. The van der Waals surface area contributed by atoms with E-state index in [1.54, 1.807) is 30.5 Å². The molecule has 0 atom stereocenters. The molecule has 3 rings (SSSR count). The lowest BCUT2D eigenvalue weighted by atomic mass is 10.0. The van der Waals surface area contributed by atoms with E-state index in [4.69, 9.17) is 17.3 Å². The maximum absolute atomic E-state index is 11.4. The van der Waals surface area contributed by atoms with Crippen LogP contribution in [0.4, 0.5) is 4.79 Å². The van der Waals surface area contributed by atoms with Gasteiger partial charge < -0.3 is 10.8 Å². The Morgan fingerprint density at radius 3 is 2.65 bits per heavy atom. The maximum Gasteiger partial charge on any atom is 0.323 e. The van der Waals surface area contributed by atoms with Gasteiger partial charge in [-0.2, -0.15) is 0 Å². The van der Waals surface area contributed by atoms with Crippen molar-refractivity contribution in [1.82, 2.24) is 4.57 Å². The summed E-state index contributed by atoms with van der Waals surface area (Å²) in [6.45, 7) is 0. The van der Waals surface area contributed by atoms with Gasteiger partial charge in [-0.25, -0.2) is 4.79 Å². The summed E-state index contributed by atoms with van der Waals surface area (Å²) >= 11 is 5.84. The number of aromatic hydroxyl groups is 1. The van der Waals surface area contributed by atoms with Crippen LogP contribution in [0.5, 0.6) is 5.75 Å². The summed E-state index contributed by atoms with van der Waals surface area (Å²) in [5, 5.41) is 11.3. The molecule has 0 saturated heterocycles. The topological polar surface area (TPSA) is 68.2 Å². The first kappa shape index (κ1) is 12.6. The predicted octanol–water partition coefficient (Wildman–Crippen LogP) is 3.59. The lowest BCUT2D eigenvalue weighted by Gasteiger charge is -2.07. The van der Waals surface area contributed by atoms with Crippen molar-refractivity contribution >= 4 is 28.5 Å². The number of aromatic nitrogens is 1. The van der Waals surface area contributed by atoms with Crippen LogP contribution in [0.15, 0.2) is 48.7 Å². The number of primary amides is 1. The minimum atomic E-state index is -0.544. The van der Waals surface area contributed by atoms with Crippen LogP contribution in [0.1, 0.15) is 0 Å². The van der Waals surface area contributed by atoms with Crippen LogP contribution < -0.4 is 5.73 Å². The fraction of sp³-hybridized carbons (Fsp3) is 0. The number of nitrogens with zero attached hydrogens (tertiary/aromatic N) is 1. The van der Waals surface area contributed by atoms with Gasteiger partial charge in [0.2, 0.25) is 0 Å². The number of benzene rings is 2. The molecule has 1 heterocycles. The second kappa shape index (κ2) is 4.58. The quantitative estimate of drug-likeness (QED) is 0.718. The van der Waals surface area contributed by atoms with Crippen LogP contribution in [0.2, 0.25) is 5.02 Å². The predicted molar refractivity (Wildman–Crippen MR) is 79.0 cm³/mol. The van der Waals surface area contributed by atoms with Crippen molar-refractivity contribution in [2.75, 3.05) is 0 Å². The Kier molecular flexibility index (Phi) is 2.88. The Balaban J connectivity index is 2.29. The molecule has 3 aromatic rings. The second-order valence-corrected chi connectivity index (χ2v) is 4.86. The number of amides is 1. The number of fused-ring (bicyclic) bond motifs is 1. The van der Waals surface area contributed by atoms with E-state index in [9.17, 15) is 9.90 Å². The van der Waals surface area contributed by atoms with Gasteiger partial charge in [0.1, 0.15) is 5.75 Å². The fourth-order valence-corrected chi connectivity index (χ4v) is 2.49. The molecule has 2 aromatic carbocycles. The Morgan fingerprint density at radius 2 is 1.95 bits per heavy atom. The molecule has 0 unspecified atom stereocenters. The number of phenols is 1. The first-order valence-corrected chi connectivity index (χ1v) is 6.34. The first-order valence-electron chi connectivity index (χ1n) is 5.96. The van der Waals surface area contributed by atoms with Crippen LogP contribution in [-0.2, 0) is 0 Å². The van der Waals surface area contributed by atoms with E-state index >= 15 is 0 Å². The first-order chi connectivity index (χ1) is 9.58. The number of nitrogens with two attached hydrogens (primary N) is 1. The molecule has 0 radical (unpaired) electrons. The van der Waals surface area contributed by atoms with Crippen LogP contribution in [0, 0.1) is 0 Å². The monoisotopic (exact) mass is 286 g/mol. The lowest BCUT2D eigenvalue weighted by molar-refractivity contribution is 0.251. The highest BCUT2D eigenvalue weighted by Gasteiger charge is 2.12. The number of hydrogen-bond acceptors (Lipinski definition) is 2. The number of carbonyl (C=O) groups excluding carboxylic acids is 1. The lowest BCUT2D eigenvalue weighted by Crippen LogP contribution is -2.17. The van der Waals surface area contributed by atoms with E-state index in [0.717, 1.165) is 10.9 Å². The summed E-state index contributed by atoms with van der Waals surface area (Å²) in [6.07, 6.45) is 1.61. The highest BCUT2D eigenvalue weighted by Crippen LogP contribution is 2.36. The number of phenolic OH excluding ortho intramolecular Hbond substituents is 1. The highest BCUT2D eigenvalue weighted by atomic mass is 35.5. The molecule has 0 saturated carbocycles. The van der Waals surface area contributed by atoms with Gasteiger partial charge in [0.25, 0.3) is 0 Å². The van der Waals surface area contributed by atoms with Gasteiger partial charge in [-0.05, 0) is 35.9 Å². The highest BCUT2D eigenvalue weighted by molar-refractivity contribution is 6.30. The molecule has 0 aliphatic heterocycles. The molecule has 5 heteroatoms. The summed E-state index contributed by atoms with van der Waals surface area (Å²) in [7, 11) is 0. The average molecular weight is 287 g/mol. The van der Waals surface area contributed by atoms with E-state index < -0.39 is 6.03 Å². The molecule has 0 fully saturated rings. The van der Waals surface area contributed by atoms with Crippen LogP contribution in [-0.4, -0.2) is 15.7 Å². The smallest absolute Gasteiger partial charge is 0.323 e. The summed E-state index contributed by atoms with van der Waals surface area (Å²) < 4.78 is 1.37. The number of carbonyl (C=O) groups is 1. The van der Waals surface area contributed by atoms with Gasteiger partial charge >= 0.3 is 6.03 Å². The molecule has 3 N–H and O–H groups in total. The maximum atomic E-state index is 11.4.